The van der Waals surface area contributed by atoms with Crippen molar-refractivity contribution < 1.29 is 4.79 Å². The Morgan fingerprint density at radius 2 is 2.08 bits per heavy atom. The Bertz CT molecular complexity index is 175. The van der Waals surface area contributed by atoms with Crippen molar-refractivity contribution in [1.82, 2.24) is 4.90 Å². The van der Waals surface area contributed by atoms with Crippen LogP contribution >= 0.6 is 0 Å². The second-order valence-electron chi connectivity index (χ2n) is 4.40. The number of amides is 1. The third kappa shape index (κ3) is 1.79. The van der Waals surface area contributed by atoms with Crippen LogP contribution in [-0.2, 0) is 4.79 Å². The van der Waals surface area contributed by atoms with E-state index < -0.39 is 0 Å². The van der Waals surface area contributed by atoms with Gasteiger partial charge in [0.15, 0.2) is 0 Å². The highest BCUT2D eigenvalue weighted by Gasteiger charge is 2.33. The van der Waals surface area contributed by atoms with Gasteiger partial charge in [0.2, 0.25) is 5.91 Å². The Morgan fingerprint density at radius 3 is 2.42 bits per heavy atom. The zero-order valence-corrected chi connectivity index (χ0v) is 8.50. The van der Waals surface area contributed by atoms with Gasteiger partial charge in [-0.15, -0.1) is 0 Å². The molecule has 0 aromatic heterocycles. The van der Waals surface area contributed by atoms with Gasteiger partial charge in [-0.1, -0.05) is 27.7 Å². The van der Waals surface area contributed by atoms with E-state index in [2.05, 4.69) is 20.8 Å². The molecule has 0 aromatic carbocycles. The molecule has 1 heterocycles. The summed E-state index contributed by atoms with van der Waals surface area (Å²) < 4.78 is 0. The molecule has 12 heavy (non-hydrogen) atoms. The van der Waals surface area contributed by atoms with Crippen LogP contribution in [0.4, 0.5) is 0 Å². The first-order valence-electron chi connectivity index (χ1n) is 4.81. The minimum absolute atomic E-state index is 0.240. The highest BCUT2D eigenvalue weighted by Crippen LogP contribution is 2.24. The fraction of sp³-hybridized carbons (Fsp3) is 0.900. The summed E-state index contributed by atoms with van der Waals surface area (Å²) in [7, 11) is 0. The van der Waals surface area contributed by atoms with Crippen molar-refractivity contribution >= 4 is 5.91 Å². The van der Waals surface area contributed by atoms with Crippen LogP contribution in [0.2, 0.25) is 0 Å². The molecule has 2 atom stereocenters. The molecule has 0 spiro atoms. The summed E-state index contributed by atoms with van der Waals surface area (Å²) in [6, 6.07) is 0. The zero-order valence-electron chi connectivity index (χ0n) is 8.50. The second-order valence-corrected chi connectivity index (χ2v) is 4.40. The fourth-order valence-electron chi connectivity index (χ4n) is 1.73. The first-order chi connectivity index (χ1) is 5.52. The summed E-state index contributed by atoms with van der Waals surface area (Å²) >= 11 is 0. The van der Waals surface area contributed by atoms with E-state index in [0.29, 0.717) is 17.7 Å². The Morgan fingerprint density at radius 1 is 1.50 bits per heavy atom. The van der Waals surface area contributed by atoms with Crippen molar-refractivity contribution in [2.75, 3.05) is 13.1 Å². The molecule has 1 rings (SSSR count). The van der Waals surface area contributed by atoms with E-state index in [1.54, 1.807) is 0 Å². The zero-order chi connectivity index (χ0) is 9.30. The maximum atomic E-state index is 11.6. The van der Waals surface area contributed by atoms with Gasteiger partial charge in [-0.05, 0) is 11.8 Å². The Balaban J connectivity index is 2.53. The molecule has 1 amide bonds. The monoisotopic (exact) mass is 169 g/mol. The van der Waals surface area contributed by atoms with Crippen molar-refractivity contribution in [2.45, 2.75) is 27.7 Å². The van der Waals surface area contributed by atoms with Gasteiger partial charge in [-0.2, -0.15) is 0 Å². The predicted molar refractivity (Wildman–Crippen MR) is 49.7 cm³/mol. The maximum Gasteiger partial charge on any atom is 0.225 e. The van der Waals surface area contributed by atoms with E-state index in [-0.39, 0.29) is 5.92 Å². The van der Waals surface area contributed by atoms with Crippen LogP contribution in [0.15, 0.2) is 0 Å². The van der Waals surface area contributed by atoms with E-state index in [0.717, 1.165) is 13.1 Å². The number of carbonyl (C=O) groups is 1. The highest BCUT2D eigenvalue weighted by atomic mass is 16.2. The van der Waals surface area contributed by atoms with Gasteiger partial charge in [0.25, 0.3) is 0 Å². The summed E-state index contributed by atoms with van der Waals surface area (Å²) in [6.45, 7) is 10.4. The Labute approximate surface area is 74.9 Å². The second kappa shape index (κ2) is 3.46. The minimum atomic E-state index is 0.240. The molecule has 1 fully saturated rings. The molecular formula is C10H19NO. The van der Waals surface area contributed by atoms with Gasteiger partial charge in [0.05, 0.1) is 0 Å². The quantitative estimate of drug-likeness (QED) is 0.617. The van der Waals surface area contributed by atoms with E-state index in [4.69, 9.17) is 0 Å². The van der Waals surface area contributed by atoms with Gasteiger partial charge in [0, 0.05) is 19.0 Å². The largest absolute Gasteiger partial charge is 0.342 e. The SMILES string of the molecule is CC(C)CN1C[C@@H](C)[C@@H](C)C1=O. The smallest absolute Gasteiger partial charge is 0.225 e. The van der Waals surface area contributed by atoms with Crippen LogP contribution in [0.3, 0.4) is 0 Å². The molecule has 1 aliphatic heterocycles. The van der Waals surface area contributed by atoms with E-state index >= 15 is 0 Å². The molecular weight excluding hydrogens is 150 g/mol. The third-order valence-electron chi connectivity index (χ3n) is 2.65. The average molecular weight is 169 g/mol. The molecule has 0 saturated carbocycles. The number of hydrogen-bond acceptors (Lipinski definition) is 1. The first kappa shape index (κ1) is 9.56. The van der Waals surface area contributed by atoms with Crippen LogP contribution in [0.1, 0.15) is 27.7 Å². The molecule has 2 heteroatoms. The summed E-state index contributed by atoms with van der Waals surface area (Å²) in [5.74, 6) is 1.71. The molecule has 0 aromatic rings. The van der Waals surface area contributed by atoms with Crippen LogP contribution in [0, 0.1) is 17.8 Å². The molecule has 1 aliphatic rings. The van der Waals surface area contributed by atoms with Crippen molar-refractivity contribution in [3.05, 3.63) is 0 Å². The maximum absolute atomic E-state index is 11.6. The summed E-state index contributed by atoms with van der Waals surface area (Å²) in [5.41, 5.74) is 0. The number of nitrogens with zero attached hydrogens (tertiary/aromatic N) is 1. The third-order valence-corrected chi connectivity index (χ3v) is 2.65. The lowest BCUT2D eigenvalue weighted by Crippen LogP contribution is -2.30. The Kier molecular flexibility index (Phi) is 2.76. The standard InChI is InChI=1S/C10H19NO/c1-7(2)5-11-6-8(3)9(4)10(11)12/h7-9H,5-6H2,1-4H3/t8-,9-/m1/s1. The molecule has 0 aliphatic carbocycles. The van der Waals surface area contributed by atoms with Crippen LogP contribution in [0.5, 0.6) is 0 Å². The van der Waals surface area contributed by atoms with Crippen molar-refractivity contribution in [3.8, 4) is 0 Å². The average Bonchev–Trinajstić information content (AvgIpc) is 2.17. The molecule has 70 valence electrons. The van der Waals surface area contributed by atoms with Gasteiger partial charge >= 0.3 is 0 Å². The van der Waals surface area contributed by atoms with E-state index in [9.17, 15) is 4.79 Å². The lowest BCUT2D eigenvalue weighted by molar-refractivity contribution is -0.131. The molecule has 0 unspecified atom stereocenters. The molecule has 0 N–H and O–H groups in total. The normalized spacial score (nSPS) is 30.4. The number of carbonyl (C=O) groups excluding carboxylic acids is 1. The lowest BCUT2D eigenvalue weighted by atomic mass is 10.0. The topological polar surface area (TPSA) is 20.3 Å². The van der Waals surface area contributed by atoms with Crippen LogP contribution in [0.25, 0.3) is 0 Å². The summed E-state index contributed by atoms with van der Waals surface area (Å²) in [6.07, 6.45) is 0. The number of rotatable bonds is 2. The van der Waals surface area contributed by atoms with Crippen molar-refractivity contribution in [3.63, 3.8) is 0 Å². The van der Waals surface area contributed by atoms with Gasteiger partial charge in [0.1, 0.15) is 0 Å². The number of likely N-dealkylation sites (tertiary alicyclic amines) is 1. The molecule has 2 nitrogen and oxygen atoms in total. The molecule has 0 bridgehead atoms. The lowest BCUT2D eigenvalue weighted by Gasteiger charge is -2.18. The van der Waals surface area contributed by atoms with Gasteiger partial charge in [-0.3, -0.25) is 4.79 Å². The van der Waals surface area contributed by atoms with Gasteiger partial charge in [-0.25, -0.2) is 0 Å². The summed E-state index contributed by atoms with van der Waals surface area (Å²) in [5, 5.41) is 0. The molecule has 0 radical (unpaired) electrons. The van der Waals surface area contributed by atoms with E-state index in [1.807, 2.05) is 11.8 Å². The molecule has 1 saturated heterocycles. The fourth-order valence-corrected chi connectivity index (χ4v) is 1.73. The van der Waals surface area contributed by atoms with Crippen molar-refractivity contribution in [1.29, 1.82) is 0 Å². The number of hydrogen-bond donors (Lipinski definition) is 0. The van der Waals surface area contributed by atoms with Crippen LogP contribution < -0.4 is 0 Å². The summed E-state index contributed by atoms with van der Waals surface area (Å²) in [4.78, 5) is 13.6. The van der Waals surface area contributed by atoms with Crippen LogP contribution in [-0.4, -0.2) is 23.9 Å². The highest BCUT2D eigenvalue weighted by molar-refractivity contribution is 5.80. The van der Waals surface area contributed by atoms with Gasteiger partial charge < -0.3 is 4.90 Å². The first-order valence-corrected chi connectivity index (χ1v) is 4.81. The minimum Gasteiger partial charge on any atom is -0.342 e. The predicted octanol–water partition coefficient (Wildman–Crippen LogP) is 1.76. The van der Waals surface area contributed by atoms with Crippen molar-refractivity contribution in [2.24, 2.45) is 17.8 Å². The Hall–Kier alpha value is -0.530. The van der Waals surface area contributed by atoms with E-state index in [1.165, 1.54) is 0 Å².